The number of hydrogen-bond acceptors (Lipinski definition) is 5. The summed E-state index contributed by atoms with van der Waals surface area (Å²) in [6.07, 6.45) is 5.86. The lowest BCUT2D eigenvalue weighted by atomic mass is 9.93. The van der Waals surface area contributed by atoms with E-state index in [-0.39, 0.29) is 12.6 Å². The normalized spacial score (nSPS) is 15.7. The van der Waals surface area contributed by atoms with Gasteiger partial charge in [-0.2, -0.15) is 0 Å². The molecular formula is C16H24N2O3. The molecule has 1 aromatic rings. The van der Waals surface area contributed by atoms with E-state index in [1.165, 1.54) is 26.4 Å². The van der Waals surface area contributed by atoms with Crippen LogP contribution < -0.4 is 10.6 Å². The predicted molar refractivity (Wildman–Crippen MR) is 83.5 cm³/mol. The van der Waals surface area contributed by atoms with Gasteiger partial charge in [0.25, 0.3) is 0 Å². The van der Waals surface area contributed by atoms with Crippen LogP contribution in [-0.2, 0) is 4.74 Å². The van der Waals surface area contributed by atoms with Gasteiger partial charge in [0, 0.05) is 12.6 Å². The minimum absolute atomic E-state index is 0.0678. The smallest absolute Gasteiger partial charge is 0.337 e. The zero-order valence-electron chi connectivity index (χ0n) is 12.5. The van der Waals surface area contributed by atoms with Crippen molar-refractivity contribution in [3.8, 4) is 0 Å². The average Bonchev–Trinajstić information content (AvgIpc) is 2.53. The van der Waals surface area contributed by atoms with Crippen LogP contribution in [0, 0.1) is 0 Å². The molecule has 1 aliphatic carbocycles. The number of carbonyl (C=O) groups is 1. The fourth-order valence-corrected chi connectivity index (χ4v) is 3.04. The number of nitrogens with two attached hydrogens (primary N) is 1. The van der Waals surface area contributed by atoms with Crippen molar-refractivity contribution in [1.29, 1.82) is 0 Å². The first kappa shape index (κ1) is 15.6. The van der Waals surface area contributed by atoms with Gasteiger partial charge < -0.3 is 20.5 Å². The van der Waals surface area contributed by atoms with E-state index in [1.54, 1.807) is 18.2 Å². The molecule has 0 aliphatic heterocycles. The summed E-state index contributed by atoms with van der Waals surface area (Å²) >= 11 is 0. The lowest BCUT2D eigenvalue weighted by Gasteiger charge is -2.36. The van der Waals surface area contributed by atoms with Crippen LogP contribution in [0.15, 0.2) is 18.2 Å². The lowest BCUT2D eigenvalue weighted by molar-refractivity contribution is 0.0601. The van der Waals surface area contributed by atoms with Gasteiger partial charge in [0.05, 0.1) is 30.7 Å². The van der Waals surface area contributed by atoms with E-state index in [0.717, 1.165) is 18.5 Å². The average molecular weight is 292 g/mol. The Balaban J connectivity index is 2.31. The number of carbonyl (C=O) groups excluding carboxylic acids is 1. The van der Waals surface area contributed by atoms with Gasteiger partial charge in [0.2, 0.25) is 0 Å². The largest absolute Gasteiger partial charge is 0.465 e. The zero-order chi connectivity index (χ0) is 15.2. The van der Waals surface area contributed by atoms with E-state index in [0.29, 0.717) is 23.8 Å². The van der Waals surface area contributed by atoms with Crippen molar-refractivity contribution in [1.82, 2.24) is 0 Å². The van der Waals surface area contributed by atoms with Gasteiger partial charge >= 0.3 is 5.97 Å². The molecule has 5 nitrogen and oxygen atoms in total. The quantitative estimate of drug-likeness (QED) is 0.642. The molecule has 0 aromatic heterocycles. The third kappa shape index (κ3) is 3.67. The molecule has 0 amide bonds. The third-order valence-corrected chi connectivity index (χ3v) is 4.12. The van der Waals surface area contributed by atoms with E-state index >= 15 is 0 Å². The maximum absolute atomic E-state index is 11.7. The highest BCUT2D eigenvalue weighted by Crippen LogP contribution is 2.31. The molecule has 1 fully saturated rings. The molecule has 2 rings (SSSR count). The van der Waals surface area contributed by atoms with Crippen molar-refractivity contribution >= 4 is 17.3 Å². The number of nitrogen functional groups attached to an aromatic ring is 1. The molecule has 0 radical (unpaired) electrons. The number of esters is 1. The van der Waals surface area contributed by atoms with E-state index in [9.17, 15) is 9.90 Å². The Hall–Kier alpha value is -1.75. The second-order valence-electron chi connectivity index (χ2n) is 5.47. The number of rotatable bonds is 5. The van der Waals surface area contributed by atoms with Crippen LogP contribution in [0.4, 0.5) is 11.4 Å². The summed E-state index contributed by atoms with van der Waals surface area (Å²) in [6.45, 7) is 0.595. The van der Waals surface area contributed by atoms with Gasteiger partial charge in [-0.25, -0.2) is 4.79 Å². The monoisotopic (exact) mass is 292 g/mol. The predicted octanol–water partition coefficient (Wildman–Crippen LogP) is 2.19. The van der Waals surface area contributed by atoms with E-state index in [1.807, 2.05) is 0 Å². The minimum Gasteiger partial charge on any atom is -0.465 e. The molecule has 0 heterocycles. The van der Waals surface area contributed by atoms with E-state index in [2.05, 4.69) is 4.90 Å². The van der Waals surface area contributed by atoms with Crippen LogP contribution >= 0.6 is 0 Å². The second-order valence-corrected chi connectivity index (χ2v) is 5.47. The summed E-state index contributed by atoms with van der Waals surface area (Å²) < 4.78 is 4.77. The highest BCUT2D eigenvalue weighted by molar-refractivity contribution is 5.92. The van der Waals surface area contributed by atoms with Gasteiger partial charge in [-0.15, -0.1) is 0 Å². The van der Waals surface area contributed by atoms with Crippen LogP contribution in [0.2, 0.25) is 0 Å². The van der Waals surface area contributed by atoms with Gasteiger partial charge in [0.15, 0.2) is 0 Å². The van der Waals surface area contributed by atoms with E-state index < -0.39 is 0 Å². The molecule has 5 heteroatoms. The Kier molecular flexibility index (Phi) is 5.44. The number of anilines is 2. The molecule has 0 unspecified atom stereocenters. The summed E-state index contributed by atoms with van der Waals surface area (Å²) in [4.78, 5) is 13.8. The Morgan fingerprint density at radius 1 is 1.38 bits per heavy atom. The van der Waals surface area contributed by atoms with Gasteiger partial charge in [0.1, 0.15) is 0 Å². The Morgan fingerprint density at radius 3 is 2.71 bits per heavy atom. The van der Waals surface area contributed by atoms with Crippen LogP contribution in [0.5, 0.6) is 0 Å². The molecule has 116 valence electrons. The van der Waals surface area contributed by atoms with Crippen LogP contribution in [-0.4, -0.2) is 37.4 Å². The van der Waals surface area contributed by atoms with Crippen LogP contribution in [0.3, 0.4) is 0 Å². The lowest BCUT2D eigenvalue weighted by Crippen LogP contribution is -2.39. The first-order valence-corrected chi connectivity index (χ1v) is 7.52. The molecule has 21 heavy (non-hydrogen) atoms. The standard InChI is InChI=1S/C16H24N2O3/c1-21-16(20)12-7-8-14(17)15(11-12)18(9-10-19)13-5-3-2-4-6-13/h7-8,11,13,19H,2-6,9-10,17H2,1H3. The fraction of sp³-hybridized carbons (Fsp3) is 0.562. The second kappa shape index (κ2) is 7.31. The molecule has 0 bridgehead atoms. The molecule has 0 saturated heterocycles. The number of benzene rings is 1. The minimum atomic E-state index is -0.371. The summed E-state index contributed by atoms with van der Waals surface area (Å²) in [6, 6.07) is 5.55. The topological polar surface area (TPSA) is 75.8 Å². The van der Waals surface area contributed by atoms with Gasteiger partial charge in [-0.05, 0) is 31.0 Å². The molecule has 0 spiro atoms. The summed E-state index contributed by atoms with van der Waals surface area (Å²) in [7, 11) is 1.37. The number of methoxy groups -OCH3 is 1. The third-order valence-electron chi connectivity index (χ3n) is 4.12. The van der Waals surface area contributed by atoms with Crippen molar-refractivity contribution in [2.75, 3.05) is 30.9 Å². The van der Waals surface area contributed by atoms with Crippen LogP contribution in [0.25, 0.3) is 0 Å². The van der Waals surface area contributed by atoms with Gasteiger partial charge in [-0.1, -0.05) is 19.3 Å². The highest BCUT2D eigenvalue weighted by Gasteiger charge is 2.23. The fourth-order valence-electron chi connectivity index (χ4n) is 3.04. The number of ether oxygens (including phenoxy) is 1. The first-order chi connectivity index (χ1) is 10.2. The Labute approximate surface area is 125 Å². The number of nitrogens with zero attached hydrogens (tertiary/aromatic N) is 1. The Morgan fingerprint density at radius 2 is 2.10 bits per heavy atom. The van der Waals surface area contributed by atoms with Crippen molar-refractivity contribution in [3.05, 3.63) is 23.8 Å². The summed E-state index contributed by atoms with van der Waals surface area (Å²) in [5.74, 6) is -0.371. The summed E-state index contributed by atoms with van der Waals surface area (Å²) in [5, 5.41) is 9.37. The SMILES string of the molecule is COC(=O)c1ccc(N)c(N(CCO)C2CCCCC2)c1. The zero-order valence-corrected chi connectivity index (χ0v) is 12.5. The number of aliphatic hydroxyl groups is 1. The number of hydrogen-bond donors (Lipinski definition) is 2. The van der Waals surface area contributed by atoms with Gasteiger partial charge in [-0.3, -0.25) is 0 Å². The van der Waals surface area contributed by atoms with Crippen molar-refractivity contribution in [2.45, 2.75) is 38.1 Å². The first-order valence-electron chi connectivity index (χ1n) is 7.52. The molecule has 1 aliphatic rings. The summed E-state index contributed by atoms with van der Waals surface area (Å²) in [5.41, 5.74) is 8.02. The van der Waals surface area contributed by atoms with Crippen molar-refractivity contribution in [2.24, 2.45) is 0 Å². The van der Waals surface area contributed by atoms with E-state index in [4.69, 9.17) is 10.5 Å². The molecular weight excluding hydrogens is 268 g/mol. The van der Waals surface area contributed by atoms with Crippen molar-refractivity contribution in [3.63, 3.8) is 0 Å². The maximum Gasteiger partial charge on any atom is 0.337 e. The Bertz CT molecular complexity index is 484. The molecule has 1 saturated carbocycles. The number of aliphatic hydroxyl groups excluding tert-OH is 1. The van der Waals surface area contributed by atoms with Crippen LogP contribution in [0.1, 0.15) is 42.5 Å². The highest BCUT2D eigenvalue weighted by atomic mass is 16.5. The molecule has 3 N–H and O–H groups in total. The molecule has 1 aromatic carbocycles. The molecule has 0 atom stereocenters. The van der Waals surface area contributed by atoms with Crippen molar-refractivity contribution < 1.29 is 14.6 Å². The maximum atomic E-state index is 11.7.